The van der Waals surface area contributed by atoms with Gasteiger partial charge >= 0.3 is 5.97 Å². The number of nitrogens with one attached hydrogen (secondary N) is 2. The number of hydrogen-bond donors (Lipinski definition) is 3. The predicted octanol–water partition coefficient (Wildman–Crippen LogP) is 2.26. The summed E-state index contributed by atoms with van der Waals surface area (Å²) < 4.78 is 5.32. The van der Waals surface area contributed by atoms with Crippen LogP contribution in [0.2, 0.25) is 0 Å². The number of rotatable bonds is 10. The first-order valence-corrected chi connectivity index (χ1v) is 7.55. The van der Waals surface area contributed by atoms with Crippen molar-refractivity contribution in [2.24, 2.45) is 0 Å². The van der Waals surface area contributed by atoms with Crippen LogP contribution in [0.25, 0.3) is 0 Å². The Morgan fingerprint density at radius 3 is 2.45 bits per heavy atom. The van der Waals surface area contributed by atoms with E-state index in [0.717, 1.165) is 18.6 Å². The maximum absolute atomic E-state index is 11.9. The molecule has 1 unspecified atom stereocenters. The molecular formula is C16H24N2O4. The Morgan fingerprint density at radius 1 is 1.23 bits per heavy atom. The van der Waals surface area contributed by atoms with Crippen molar-refractivity contribution < 1.29 is 19.4 Å². The van der Waals surface area contributed by atoms with Gasteiger partial charge in [0.2, 0.25) is 5.91 Å². The zero-order valence-corrected chi connectivity index (χ0v) is 13.1. The summed E-state index contributed by atoms with van der Waals surface area (Å²) in [6.45, 7) is 5.09. The number of aliphatic carboxylic acids is 1. The first-order chi connectivity index (χ1) is 10.6. The molecule has 1 atom stereocenters. The highest BCUT2D eigenvalue weighted by Gasteiger charge is 2.20. The van der Waals surface area contributed by atoms with E-state index in [0.29, 0.717) is 18.8 Å². The van der Waals surface area contributed by atoms with Crippen LogP contribution < -0.4 is 15.4 Å². The van der Waals surface area contributed by atoms with Crippen molar-refractivity contribution in [3.05, 3.63) is 24.3 Å². The molecule has 1 aromatic rings. The highest BCUT2D eigenvalue weighted by molar-refractivity contribution is 5.94. The van der Waals surface area contributed by atoms with Gasteiger partial charge in [-0.1, -0.05) is 13.3 Å². The number of unbranched alkanes of at least 4 members (excludes halogenated alkanes) is 1. The summed E-state index contributed by atoms with van der Waals surface area (Å²) in [5, 5.41) is 14.7. The Hall–Kier alpha value is -2.08. The van der Waals surface area contributed by atoms with E-state index in [4.69, 9.17) is 9.84 Å². The lowest BCUT2D eigenvalue weighted by Crippen LogP contribution is -2.40. The summed E-state index contributed by atoms with van der Waals surface area (Å²) in [4.78, 5) is 23.1. The smallest absolute Gasteiger partial charge is 0.321 e. The molecule has 3 N–H and O–H groups in total. The Kier molecular flexibility index (Phi) is 7.99. The average Bonchev–Trinajstić information content (AvgIpc) is 2.48. The van der Waals surface area contributed by atoms with Crippen molar-refractivity contribution in [1.29, 1.82) is 0 Å². The molecule has 0 fully saturated rings. The normalized spacial score (nSPS) is 11.7. The largest absolute Gasteiger partial charge is 0.494 e. The van der Waals surface area contributed by atoms with Gasteiger partial charge in [0.05, 0.1) is 13.0 Å². The Bertz CT molecular complexity index is 474. The van der Waals surface area contributed by atoms with Gasteiger partial charge in [-0.15, -0.1) is 0 Å². The zero-order valence-electron chi connectivity index (χ0n) is 13.1. The van der Waals surface area contributed by atoms with Crippen LogP contribution >= 0.6 is 0 Å². The second kappa shape index (κ2) is 9.78. The summed E-state index contributed by atoms with van der Waals surface area (Å²) in [6, 6.07) is 6.10. The SMILES string of the molecule is CCCCNC(CC(=O)Nc1ccc(OCC)cc1)C(=O)O. The van der Waals surface area contributed by atoms with Crippen molar-refractivity contribution in [3.8, 4) is 5.75 Å². The van der Waals surface area contributed by atoms with E-state index in [-0.39, 0.29) is 12.3 Å². The molecule has 0 saturated heterocycles. The molecule has 0 aliphatic heterocycles. The molecule has 1 aromatic carbocycles. The van der Waals surface area contributed by atoms with Gasteiger partial charge in [-0.05, 0) is 44.2 Å². The fraction of sp³-hybridized carbons (Fsp3) is 0.500. The third kappa shape index (κ3) is 6.58. The van der Waals surface area contributed by atoms with Crippen LogP contribution in [0, 0.1) is 0 Å². The van der Waals surface area contributed by atoms with E-state index in [1.165, 1.54) is 0 Å². The van der Waals surface area contributed by atoms with Crippen molar-refractivity contribution >= 4 is 17.6 Å². The minimum Gasteiger partial charge on any atom is -0.494 e. The van der Waals surface area contributed by atoms with Gasteiger partial charge < -0.3 is 20.5 Å². The summed E-state index contributed by atoms with van der Waals surface area (Å²) in [5.74, 6) is -0.622. The predicted molar refractivity (Wildman–Crippen MR) is 85.2 cm³/mol. The number of benzene rings is 1. The monoisotopic (exact) mass is 308 g/mol. The summed E-state index contributed by atoms with van der Waals surface area (Å²) >= 11 is 0. The number of anilines is 1. The summed E-state index contributed by atoms with van der Waals surface area (Å²) in [5.41, 5.74) is 0.617. The zero-order chi connectivity index (χ0) is 16.4. The average molecular weight is 308 g/mol. The lowest BCUT2D eigenvalue weighted by molar-refractivity contribution is -0.141. The van der Waals surface area contributed by atoms with E-state index in [2.05, 4.69) is 10.6 Å². The van der Waals surface area contributed by atoms with Crippen molar-refractivity contribution in [2.75, 3.05) is 18.5 Å². The van der Waals surface area contributed by atoms with Crippen molar-refractivity contribution in [1.82, 2.24) is 5.32 Å². The van der Waals surface area contributed by atoms with Gasteiger partial charge in [0.25, 0.3) is 0 Å². The molecule has 6 heteroatoms. The fourth-order valence-electron chi connectivity index (χ4n) is 1.90. The van der Waals surface area contributed by atoms with Crippen LogP contribution in [-0.2, 0) is 9.59 Å². The van der Waals surface area contributed by atoms with Crippen LogP contribution in [0.15, 0.2) is 24.3 Å². The second-order valence-corrected chi connectivity index (χ2v) is 4.91. The summed E-state index contributed by atoms with van der Waals surface area (Å²) in [6.07, 6.45) is 1.74. The molecule has 1 amide bonds. The third-order valence-corrected chi connectivity index (χ3v) is 3.06. The molecular weight excluding hydrogens is 284 g/mol. The van der Waals surface area contributed by atoms with Crippen molar-refractivity contribution in [2.45, 2.75) is 39.2 Å². The minimum atomic E-state index is -1.02. The van der Waals surface area contributed by atoms with E-state index in [1.807, 2.05) is 13.8 Å². The van der Waals surface area contributed by atoms with Gasteiger partial charge in [0.1, 0.15) is 11.8 Å². The molecule has 1 rings (SSSR count). The number of carbonyl (C=O) groups is 2. The van der Waals surface area contributed by atoms with Gasteiger partial charge in [-0.2, -0.15) is 0 Å². The van der Waals surface area contributed by atoms with Crippen LogP contribution in [0.5, 0.6) is 5.75 Å². The highest BCUT2D eigenvalue weighted by atomic mass is 16.5. The number of carbonyl (C=O) groups excluding carboxylic acids is 1. The maximum Gasteiger partial charge on any atom is 0.321 e. The standard InChI is InChI=1S/C16H24N2O4/c1-3-5-10-17-14(16(20)21)11-15(19)18-12-6-8-13(9-7-12)22-4-2/h6-9,14,17H,3-5,10-11H2,1-2H3,(H,18,19)(H,20,21). The van der Waals surface area contributed by atoms with E-state index in [9.17, 15) is 9.59 Å². The number of ether oxygens (including phenoxy) is 1. The van der Waals surface area contributed by atoms with Crippen LogP contribution in [0.3, 0.4) is 0 Å². The van der Waals surface area contributed by atoms with Crippen molar-refractivity contribution in [3.63, 3.8) is 0 Å². The number of carboxylic acid groups (broad SMARTS) is 1. The molecule has 0 radical (unpaired) electrons. The van der Waals surface area contributed by atoms with E-state index in [1.54, 1.807) is 24.3 Å². The summed E-state index contributed by atoms with van der Waals surface area (Å²) in [7, 11) is 0. The molecule has 0 aliphatic carbocycles. The van der Waals surface area contributed by atoms with Crippen LogP contribution in [0.4, 0.5) is 5.69 Å². The highest BCUT2D eigenvalue weighted by Crippen LogP contribution is 2.15. The quantitative estimate of drug-likeness (QED) is 0.577. The molecule has 0 heterocycles. The first-order valence-electron chi connectivity index (χ1n) is 7.55. The minimum absolute atomic E-state index is 0.105. The third-order valence-electron chi connectivity index (χ3n) is 3.06. The molecule has 0 aromatic heterocycles. The van der Waals surface area contributed by atoms with Gasteiger partial charge in [-0.3, -0.25) is 9.59 Å². The number of amides is 1. The van der Waals surface area contributed by atoms with E-state index >= 15 is 0 Å². The van der Waals surface area contributed by atoms with Gasteiger partial charge in [0.15, 0.2) is 0 Å². The number of carboxylic acids is 1. The molecule has 22 heavy (non-hydrogen) atoms. The van der Waals surface area contributed by atoms with Crippen LogP contribution in [0.1, 0.15) is 33.1 Å². The first kappa shape index (κ1) is 18.0. The lowest BCUT2D eigenvalue weighted by atomic mass is 10.2. The maximum atomic E-state index is 11.9. The molecule has 0 saturated carbocycles. The molecule has 0 spiro atoms. The Balaban J connectivity index is 2.50. The molecule has 0 bridgehead atoms. The molecule has 6 nitrogen and oxygen atoms in total. The Morgan fingerprint density at radius 2 is 1.91 bits per heavy atom. The molecule has 122 valence electrons. The van der Waals surface area contributed by atoms with Crippen LogP contribution in [-0.4, -0.2) is 36.2 Å². The second-order valence-electron chi connectivity index (χ2n) is 4.91. The topological polar surface area (TPSA) is 87.7 Å². The molecule has 0 aliphatic rings. The lowest BCUT2D eigenvalue weighted by Gasteiger charge is -2.14. The Labute approximate surface area is 130 Å². The van der Waals surface area contributed by atoms with Gasteiger partial charge in [0, 0.05) is 5.69 Å². The fourth-order valence-corrected chi connectivity index (χ4v) is 1.90. The van der Waals surface area contributed by atoms with Gasteiger partial charge in [-0.25, -0.2) is 0 Å². The van der Waals surface area contributed by atoms with E-state index < -0.39 is 12.0 Å². The number of hydrogen-bond acceptors (Lipinski definition) is 4.